The molecule has 1 unspecified atom stereocenters. The van der Waals surface area contributed by atoms with Gasteiger partial charge in [0.1, 0.15) is 5.75 Å². The first-order valence-electron chi connectivity index (χ1n) is 4.65. The fourth-order valence-electron chi connectivity index (χ4n) is 1.65. The standard InChI is InChI=1S/C12H12O2S/c1-8-5-9-7-10(15(2)14)3-4-11(9)12(13)6-8/h3-7,13H,1-2H3. The zero-order chi connectivity index (χ0) is 11.0. The highest BCUT2D eigenvalue weighted by atomic mass is 32.2. The maximum atomic E-state index is 11.3. The number of benzene rings is 2. The van der Waals surface area contributed by atoms with Crippen molar-refractivity contribution in [3.63, 3.8) is 0 Å². The van der Waals surface area contributed by atoms with Crippen LogP contribution in [0.5, 0.6) is 5.75 Å². The fraction of sp³-hybridized carbons (Fsp3) is 0.167. The average Bonchev–Trinajstić information content (AvgIpc) is 2.16. The van der Waals surface area contributed by atoms with Gasteiger partial charge in [-0.2, -0.15) is 0 Å². The number of rotatable bonds is 1. The number of hydrogen-bond acceptors (Lipinski definition) is 2. The van der Waals surface area contributed by atoms with Crippen LogP contribution < -0.4 is 0 Å². The molecule has 0 heterocycles. The van der Waals surface area contributed by atoms with Crippen molar-refractivity contribution in [3.05, 3.63) is 35.9 Å². The van der Waals surface area contributed by atoms with E-state index < -0.39 is 10.8 Å². The molecular weight excluding hydrogens is 208 g/mol. The van der Waals surface area contributed by atoms with Gasteiger partial charge in [0.05, 0.1) is 0 Å². The van der Waals surface area contributed by atoms with Gasteiger partial charge >= 0.3 is 0 Å². The van der Waals surface area contributed by atoms with Crippen molar-refractivity contribution in [1.82, 2.24) is 0 Å². The number of hydrogen-bond donors (Lipinski definition) is 1. The van der Waals surface area contributed by atoms with Crippen LogP contribution in [0.2, 0.25) is 0 Å². The molecule has 0 fully saturated rings. The number of aromatic hydroxyl groups is 1. The summed E-state index contributed by atoms with van der Waals surface area (Å²) in [5.74, 6) is 0.276. The van der Waals surface area contributed by atoms with Gasteiger partial charge in [-0.1, -0.05) is 6.07 Å². The molecule has 0 amide bonds. The van der Waals surface area contributed by atoms with Crippen LogP contribution in [0.25, 0.3) is 10.8 Å². The molecule has 2 rings (SSSR count). The van der Waals surface area contributed by atoms with Gasteiger partial charge in [-0.25, -0.2) is 0 Å². The van der Waals surface area contributed by atoms with Gasteiger partial charge in [-0.3, -0.25) is 4.21 Å². The summed E-state index contributed by atoms with van der Waals surface area (Å²) >= 11 is 0. The van der Waals surface area contributed by atoms with E-state index in [1.165, 1.54) is 0 Å². The maximum absolute atomic E-state index is 11.3. The molecule has 1 N–H and O–H groups in total. The van der Waals surface area contributed by atoms with Gasteiger partial charge in [-0.15, -0.1) is 0 Å². The summed E-state index contributed by atoms with van der Waals surface area (Å²) in [4.78, 5) is 0.785. The van der Waals surface area contributed by atoms with Gasteiger partial charge in [-0.05, 0) is 42.1 Å². The first kappa shape index (κ1) is 10.2. The molecule has 0 saturated carbocycles. The predicted molar refractivity (Wildman–Crippen MR) is 62.7 cm³/mol. The van der Waals surface area contributed by atoms with Gasteiger partial charge in [0, 0.05) is 27.3 Å². The number of phenolic OH excluding ortho intramolecular Hbond substituents is 1. The summed E-state index contributed by atoms with van der Waals surface area (Å²) in [7, 11) is -0.980. The minimum Gasteiger partial charge on any atom is -0.507 e. The summed E-state index contributed by atoms with van der Waals surface area (Å²) in [6, 6.07) is 9.16. The highest BCUT2D eigenvalue weighted by Crippen LogP contribution is 2.27. The second-order valence-corrected chi connectivity index (χ2v) is 5.00. The van der Waals surface area contributed by atoms with Crippen molar-refractivity contribution in [2.45, 2.75) is 11.8 Å². The van der Waals surface area contributed by atoms with E-state index in [9.17, 15) is 9.32 Å². The molecule has 0 aromatic heterocycles. The Morgan fingerprint density at radius 1 is 1.20 bits per heavy atom. The second-order valence-electron chi connectivity index (χ2n) is 3.62. The lowest BCUT2D eigenvalue weighted by Gasteiger charge is -2.04. The Hall–Kier alpha value is -1.35. The zero-order valence-corrected chi connectivity index (χ0v) is 9.47. The van der Waals surface area contributed by atoms with E-state index in [1.807, 2.05) is 19.1 Å². The van der Waals surface area contributed by atoms with Gasteiger partial charge in [0.2, 0.25) is 0 Å². The van der Waals surface area contributed by atoms with Crippen LogP contribution in [-0.2, 0) is 10.8 Å². The maximum Gasteiger partial charge on any atom is 0.123 e. The molecule has 0 bridgehead atoms. The van der Waals surface area contributed by atoms with Crippen molar-refractivity contribution in [3.8, 4) is 5.75 Å². The van der Waals surface area contributed by atoms with Crippen molar-refractivity contribution >= 4 is 21.6 Å². The van der Waals surface area contributed by atoms with Crippen LogP contribution in [0, 0.1) is 6.92 Å². The van der Waals surface area contributed by atoms with Crippen LogP contribution >= 0.6 is 0 Å². The van der Waals surface area contributed by atoms with Gasteiger partial charge in [0.15, 0.2) is 0 Å². The highest BCUT2D eigenvalue weighted by Gasteiger charge is 2.03. The van der Waals surface area contributed by atoms with E-state index in [0.29, 0.717) is 0 Å². The lowest BCUT2D eigenvalue weighted by atomic mass is 10.1. The van der Waals surface area contributed by atoms with Crippen molar-refractivity contribution in [1.29, 1.82) is 0 Å². The number of aryl methyl sites for hydroxylation is 1. The third kappa shape index (κ3) is 1.88. The van der Waals surface area contributed by atoms with E-state index in [2.05, 4.69) is 0 Å². The summed E-state index contributed by atoms with van der Waals surface area (Å²) in [5, 5.41) is 11.4. The minimum absolute atomic E-state index is 0.276. The third-order valence-electron chi connectivity index (χ3n) is 2.38. The zero-order valence-electron chi connectivity index (χ0n) is 8.65. The molecule has 0 aliphatic heterocycles. The summed E-state index contributed by atoms with van der Waals surface area (Å²) in [6.45, 7) is 1.93. The smallest absolute Gasteiger partial charge is 0.123 e. The quantitative estimate of drug-likeness (QED) is 0.802. The van der Waals surface area contributed by atoms with Crippen molar-refractivity contribution < 1.29 is 9.32 Å². The first-order chi connectivity index (χ1) is 7.08. The summed E-state index contributed by atoms with van der Waals surface area (Å²) in [5.41, 5.74) is 0.999. The van der Waals surface area contributed by atoms with E-state index in [4.69, 9.17) is 0 Å². The van der Waals surface area contributed by atoms with Gasteiger partial charge in [0.25, 0.3) is 0 Å². The van der Waals surface area contributed by atoms with E-state index >= 15 is 0 Å². The Kier molecular flexibility index (Phi) is 2.49. The molecule has 2 aromatic carbocycles. The lowest BCUT2D eigenvalue weighted by Crippen LogP contribution is -1.87. The molecule has 0 aliphatic carbocycles. The molecule has 0 saturated heterocycles. The van der Waals surface area contributed by atoms with Gasteiger partial charge < -0.3 is 5.11 Å². The fourth-order valence-corrected chi connectivity index (χ4v) is 2.21. The van der Waals surface area contributed by atoms with Crippen LogP contribution in [0.3, 0.4) is 0 Å². The molecule has 15 heavy (non-hydrogen) atoms. The van der Waals surface area contributed by atoms with E-state index in [-0.39, 0.29) is 5.75 Å². The molecule has 78 valence electrons. The SMILES string of the molecule is Cc1cc(O)c2ccc(S(C)=O)cc2c1. The van der Waals surface area contributed by atoms with Crippen LogP contribution in [0.15, 0.2) is 35.2 Å². The molecule has 3 heteroatoms. The number of phenols is 1. The van der Waals surface area contributed by atoms with Crippen LogP contribution in [0.4, 0.5) is 0 Å². The minimum atomic E-state index is -0.980. The van der Waals surface area contributed by atoms with E-state index in [0.717, 1.165) is 21.2 Å². The third-order valence-corrected chi connectivity index (χ3v) is 3.30. The molecule has 2 nitrogen and oxygen atoms in total. The van der Waals surface area contributed by atoms with Crippen molar-refractivity contribution in [2.75, 3.05) is 6.26 Å². The first-order valence-corrected chi connectivity index (χ1v) is 6.20. The average molecular weight is 220 g/mol. The van der Waals surface area contributed by atoms with Crippen LogP contribution in [-0.4, -0.2) is 15.6 Å². The Bertz CT molecular complexity index is 547. The molecule has 2 aromatic rings. The summed E-state index contributed by atoms with van der Waals surface area (Å²) in [6.07, 6.45) is 1.65. The number of fused-ring (bicyclic) bond motifs is 1. The Labute approximate surface area is 91.0 Å². The molecule has 1 atom stereocenters. The van der Waals surface area contributed by atoms with Crippen LogP contribution in [0.1, 0.15) is 5.56 Å². The highest BCUT2D eigenvalue weighted by molar-refractivity contribution is 7.84. The molecular formula is C12H12O2S. The topological polar surface area (TPSA) is 37.3 Å². The normalized spacial score (nSPS) is 12.9. The summed E-state index contributed by atoms with van der Waals surface area (Å²) < 4.78 is 11.3. The second kappa shape index (κ2) is 3.66. The van der Waals surface area contributed by atoms with E-state index in [1.54, 1.807) is 24.5 Å². The molecule has 0 radical (unpaired) electrons. The lowest BCUT2D eigenvalue weighted by molar-refractivity contribution is 0.481. The molecule has 0 spiro atoms. The Morgan fingerprint density at radius 3 is 2.60 bits per heavy atom. The Balaban J connectivity index is 2.76. The molecule has 0 aliphatic rings. The largest absolute Gasteiger partial charge is 0.507 e. The monoisotopic (exact) mass is 220 g/mol. The predicted octanol–water partition coefficient (Wildman–Crippen LogP) is 2.59. The Morgan fingerprint density at radius 2 is 1.93 bits per heavy atom. The van der Waals surface area contributed by atoms with Crippen molar-refractivity contribution in [2.24, 2.45) is 0 Å².